The van der Waals surface area contributed by atoms with Crippen molar-refractivity contribution in [3.8, 4) is 22.8 Å². The minimum Gasteiger partial charge on any atom is -0.496 e. The van der Waals surface area contributed by atoms with Crippen LogP contribution in [0, 0.1) is 0 Å². The number of hydrogen-bond acceptors (Lipinski definition) is 4. The number of pyridine rings is 2. The standard InChI is InChI=1S/C20H16N2O2/c1-23-16-6-3-7-17(24-2)18(16)15-11-10-14-9-8-13-5-4-12-21-19(13)20(14)22-15/h3-12H,1-2H3. The van der Waals surface area contributed by atoms with Gasteiger partial charge in [0.25, 0.3) is 0 Å². The minimum atomic E-state index is 0.731. The first-order chi connectivity index (χ1) is 11.8. The van der Waals surface area contributed by atoms with Crippen LogP contribution in [0.4, 0.5) is 0 Å². The fourth-order valence-corrected chi connectivity index (χ4v) is 2.97. The molecule has 24 heavy (non-hydrogen) atoms. The summed E-state index contributed by atoms with van der Waals surface area (Å²) in [6.45, 7) is 0. The van der Waals surface area contributed by atoms with Crippen molar-refractivity contribution in [3.63, 3.8) is 0 Å². The molecule has 4 nitrogen and oxygen atoms in total. The van der Waals surface area contributed by atoms with Crippen LogP contribution in [0.2, 0.25) is 0 Å². The molecule has 0 N–H and O–H groups in total. The molecule has 0 unspecified atom stereocenters. The SMILES string of the molecule is COc1cccc(OC)c1-c1ccc2ccc3cccnc3c2n1. The molecule has 0 bridgehead atoms. The molecule has 0 saturated carbocycles. The molecule has 2 aromatic heterocycles. The van der Waals surface area contributed by atoms with E-state index in [0.29, 0.717) is 0 Å². The van der Waals surface area contributed by atoms with Crippen molar-refractivity contribution < 1.29 is 9.47 Å². The molecule has 0 radical (unpaired) electrons. The van der Waals surface area contributed by atoms with E-state index in [1.54, 1.807) is 20.4 Å². The van der Waals surface area contributed by atoms with Gasteiger partial charge in [-0.25, -0.2) is 4.98 Å². The first kappa shape index (κ1) is 14.5. The van der Waals surface area contributed by atoms with E-state index in [1.165, 1.54) is 0 Å². The molecular formula is C20H16N2O2. The van der Waals surface area contributed by atoms with Crippen LogP contribution in [0.3, 0.4) is 0 Å². The highest BCUT2D eigenvalue weighted by Gasteiger charge is 2.14. The lowest BCUT2D eigenvalue weighted by molar-refractivity contribution is 0.397. The largest absolute Gasteiger partial charge is 0.496 e. The van der Waals surface area contributed by atoms with Crippen molar-refractivity contribution in [1.82, 2.24) is 9.97 Å². The summed E-state index contributed by atoms with van der Waals surface area (Å²) in [5, 5.41) is 2.13. The first-order valence-corrected chi connectivity index (χ1v) is 7.67. The number of nitrogens with zero attached hydrogens (tertiary/aromatic N) is 2. The normalized spacial score (nSPS) is 10.9. The molecule has 4 rings (SSSR count). The minimum absolute atomic E-state index is 0.731. The molecule has 0 aliphatic rings. The molecule has 0 aliphatic heterocycles. The van der Waals surface area contributed by atoms with E-state index in [9.17, 15) is 0 Å². The summed E-state index contributed by atoms with van der Waals surface area (Å²) in [5.74, 6) is 1.46. The number of ether oxygens (including phenoxy) is 2. The fraction of sp³-hybridized carbons (Fsp3) is 0.100. The Morgan fingerprint density at radius 3 is 2.08 bits per heavy atom. The molecule has 2 aromatic carbocycles. The molecule has 0 saturated heterocycles. The summed E-state index contributed by atoms with van der Waals surface area (Å²) in [7, 11) is 3.30. The number of methoxy groups -OCH3 is 2. The second-order valence-electron chi connectivity index (χ2n) is 5.45. The van der Waals surface area contributed by atoms with Gasteiger partial charge in [0.1, 0.15) is 11.5 Å². The number of rotatable bonds is 3. The summed E-state index contributed by atoms with van der Waals surface area (Å²) in [4.78, 5) is 9.37. The van der Waals surface area contributed by atoms with Crippen molar-refractivity contribution in [2.24, 2.45) is 0 Å². The monoisotopic (exact) mass is 316 g/mol. The zero-order chi connectivity index (χ0) is 16.5. The molecular weight excluding hydrogens is 300 g/mol. The van der Waals surface area contributed by atoms with Crippen LogP contribution in [0.25, 0.3) is 33.1 Å². The van der Waals surface area contributed by atoms with Gasteiger partial charge >= 0.3 is 0 Å². The van der Waals surface area contributed by atoms with Gasteiger partial charge in [-0.3, -0.25) is 4.98 Å². The summed E-state index contributed by atoms with van der Waals surface area (Å²) in [6.07, 6.45) is 1.79. The topological polar surface area (TPSA) is 44.2 Å². The van der Waals surface area contributed by atoms with E-state index >= 15 is 0 Å². The third kappa shape index (κ3) is 2.24. The molecule has 4 aromatic rings. The van der Waals surface area contributed by atoms with Crippen molar-refractivity contribution >= 4 is 21.8 Å². The van der Waals surface area contributed by atoms with Crippen molar-refractivity contribution in [2.45, 2.75) is 0 Å². The van der Waals surface area contributed by atoms with E-state index in [1.807, 2.05) is 36.4 Å². The van der Waals surface area contributed by atoms with E-state index in [2.05, 4.69) is 23.2 Å². The van der Waals surface area contributed by atoms with Crippen LogP contribution in [0.15, 0.2) is 60.8 Å². The fourth-order valence-electron chi connectivity index (χ4n) is 2.97. The maximum atomic E-state index is 5.51. The molecule has 0 aliphatic carbocycles. The van der Waals surface area contributed by atoms with Gasteiger partial charge in [-0.1, -0.05) is 30.3 Å². The number of hydrogen-bond donors (Lipinski definition) is 0. The van der Waals surface area contributed by atoms with Gasteiger partial charge in [-0.2, -0.15) is 0 Å². The maximum absolute atomic E-state index is 5.51. The quantitative estimate of drug-likeness (QED) is 0.523. The molecule has 118 valence electrons. The number of aromatic nitrogens is 2. The second kappa shape index (κ2) is 5.81. The Balaban J connectivity index is 2.04. The maximum Gasteiger partial charge on any atom is 0.132 e. The smallest absolute Gasteiger partial charge is 0.132 e. The summed E-state index contributed by atoms with van der Waals surface area (Å²) in [6, 6.07) is 17.9. The Morgan fingerprint density at radius 2 is 1.38 bits per heavy atom. The second-order valence-corrected chi connectivity index (χ2v) is 5.45. The van der Waals surface area contributed by atoms with Gasteiger partial charge in [-0.05, 0) is 24.3 Å². The summed E-state index contributed by atoms with van der Waals surface area (Å²) < 4.78 is 11.0. The molecule has 0 amide bonds. The average Bonchev–Trinajstić information content (AvgIpc) is 2.66. The lowest BCUT2D eigenvalue weighted by Crippen LogP contribution is -1.95. The van der Waals surface area contributed by atoms with Crippen molar-refractivity contribution in [3.05, 3.63) is 60.8 Å². The van der Waals surface area contributed by atoms with E-state index in [4.69, 9.17) is 14.5 Å². The van der Waals surface area contributed by atoms with E-state index < -0.39 is 0 Å². The van der Waals surface area contributed by atoms with Crippen LogP contribution in [-0.4, -0.2) is 24.2 Å². The molecule has 2 heterocycles. The number of benzene rings is 2. The lowest BCUT2D eigenvalue weighted by atomic mass is 10.1. The Kier molecular flexibility index (Phi) is 3.50. The number of fused-ring (bicyclic) bond motifs is 3. The van der Waals surface area contributed by atoms with Crippen molar-refractivity contribution in [2.75, 3.05) is 14.2 Å². The molecule has 4 heteroatoms. The third-order valence-corrected chi connectivity index (χ3v) is 4.12. The van der Waals surface area contributed by atoms with Crippen LogP contribution in [-0.2, 0) is 0 Å². The Hall–Kier alpha value is -3.14. The third-order valence-electron chi connectivity index (χ3n) is 4.12. The van der Waals surface area contributed by atoms with Crippen LogP contribution >= 0.6 is 0 Å². The Labute approximate surface area is 139 Å². The average molecular weight is 316 g/mol. The van der Waals surface area contributed by atoms with E-state index in [0.717, 1.165) is 44.6 Å². The molecule has 0 spiro atoms. The van der Waals surface area contributed by atoms with Crippen LogP contribution < -0.4 is 9.47 Å². The van der Waals surface area contributed by atoms with Crippen molar-refractivity contribution in [1.29, 1.82) is 0 Å². The predicted molar refractivity (Wildman–Crippen MR) is 95.6 cm³/mol. The van der Waals surface area contributed by atoms with Gasteiger partial charge in [0.15, 0.2) is 0 Å². The van der Waals surface area contributed by atoms with Crippen LogP contribution in [0.1, 0.15) is 0 Å². The van der Waals surface area contributed by atoms with Gasteiger partial charge in [0, 0.05) is 17.0 Å². The Bertz CT molecular complexity index is 1020. The van der Waals surface area contributed by atoms with Gasteiger partial charge in [0.05, 0.1) is 36.5 Å². The van der Waals surface area contributed by atoms with E-state index in [-0.39, 0.29) is 0 Å². The zero-order valence-electron chi connectivity index (χ0n) is 13.5. The Morgan fingerprint density at radius 1 is 0.708 bits per heavy atom. The van der Waals surface area contributed by atoms with Gasteiger partial charge in [-0.15, -0.1) is 0 Å². The summed E-state index contributed by atoms with van der Waals surface area (Å²) >= 11 is 0. The lowest BCUT2D eigenvalue weighted by Gasteiger charge is -2.13. The predicted octanol–water partition coefficient (Wildman–Crippen LogP) is 4.47. The highest BCUT2D eigenvalue weighted by atomic mass is 16.5. The zero-order valence-corrected chi connectivity index (χ0v) is 13.5. The highest BCUT2D eigenvalue weighted by molar-refractivity contribution is 6.03. The first-order valence-electron chi connectivity index (χ1n) is 7.67. The van der Waals surface area contributed by atoms with Gasteiger partial charge < -0.3 is 9.47 Å². The highest BCUT2D eigenvalue weighted by Crippen LogP contribution is 2.38. The summed E-state index contributed by atoms with van der Waals surface area (Å²) in [5.41, 5.74) is 3.41. The van der Waals surface area contributed by atoms with Gasteiger partial charge in [0.2, 0.25) is 0 Å². The van der Waals surface area contributed by atoms with Crippen LogP contribution in [0.5, 0.6) is 11.5 Å². The molecule has 0 fully saturated rings. The molecule has 0 atom stereocenters.